The van der Waals surface area contributed by atoms with E-state index in [2.05, 4.69) is 5.32 Å². The third kappa shape index (κ3) is 4.47. The fourth-order valence-corrected chi connectivity index (χ4v) is 3.10. The topological polar surface area (TPSA) is 32.3 Å². The lowest BCUT2D eigenvalue weighted by Crippen LogP contribution is -2.45. The molecule has 2 unspecified atom stereocenters. The third-order valence-corrected chi connectivity index (χ3v) is 4.12. The van der Waals surface area contributed by atoms with E-state index in [-0.39, 0.29) is 29.5 Å². The van der Waals surface area contributed by atoms with Gasteiger partial charge in [-0.15, -0.1) is 0 Å². The molecule has 0 spiro atoms. The number of halogens is 2. The van der Waals surface area contributed by atoms with Crippen LogP contribution in [0.3, 0.4) is 0 Å². The summed E-state index contributed by atoms with van der Waals surface area (Å²) in [5, 5.41) is 3.14. The van der Waals surface area contributed by atoms with Crippen molar-refractivity contribution in [2.75, 3.05) is 4.90 Å². The van der Waals surface area contributed by atoms with Crippen molar-refractivity contribution in [3.63, 3.8) is 0 Å². The second-order valence-corrected chi connectivity index (χ2v) is 5.69. The van der Waals surface area contributed by atoms with Gasteiger partial charge in [0.1, 0.15) is 11.6 Å². The summed E-state index contributed by atoms with van der Waals surface area (Å²) in [6, 6.07) is 4.29. The molecule has 2 rings (SSSR count). The maximum absolute atomic E-state index is 14.4. The van der Waals surface area contributed by atoms with Gasteiger partial charge in [-0.1, -0.05) is 32.1 Å². The van der Waals surface area contributed by atoms with Crippen LogP contribution in [0.1, 0.15) is 59.6 Å². The van der Waals surface area contributed by atoms with Crippen molar-refractivity contribution < 1.29 is 13.6 Å². The zero-order chi connectivity index (χ0) is 19.1. The molecule has 2 atom stereocenters. The zero-order valence-electron chi connectivity index (χ0n) is 15.9. The van der Waals surface area contributed by atoms with Crippen molar-refractivity contribution in [1.82, 2.24) is 5.32 Å². The third-order valence-electron chi connectivity index (χ3n) is 4.12. The van der Waals surface area contributed by atoms with E-state index in [1.807, 2.05) is 20.8 Å². The van der Waals surface area contributed by atoms with Gasteiger partial charge < -0.3 is 10.2 Å². The Bertz CT molecular complexity index is 668. The summed E-state index contributed by atoms with van der Waals surface area (Å²) in [5.41, 5.74) is 1.32. The molecule has 0 aromatic heterocycles. The van der Waals surface area contributed by atoms with Gasteiger partial charge in [0.05, 0.1) is 17.4 Å². The number of para-hydroxylation sites is 1. The lowest BCUT2D eigenvalue weighted by atomic mass is 9.91. The largest absolute Gasteiger partial charge is 0.376 e. The number of hydrogen-bond donors (Lipinski definition) is 1. The minimum Gasteiger partial charge on any atom is -0.376 e. The highest BCUT2D eigenvalue weighted by Crippen LogP contribution is 2.39. The van der Waals surface area contributed by atoms with Crippen molar-refractivity contribution in [3.05, 3.63) is 53.3 Å². The first-order valence-corrected chi connectivity index (χ1v) is 8.73. The summed E-state index contributed by atoms with van der Waals surface area (Å²) in [7, 11) is 0. The van der Waals surface area contributed by atoms with Gasteiger partial charge >= 0.3 is 0 Å². The number of benzene rings is 1. The van der Waals surface area contributed by atoms with Gasteiger partial charge in [-0.2, -0.15) is 0 Å². The number of hydrogen-bond acceptors (Lipinski definition) is 2. The second kappa shape index (κ2) is 9.35. The quantitative estimate of drug-likeness (QED) is 0.740. The number of fused-ring (bicyclic) bond motifs is 1. The van der Waals surface area contributed by atoms with E-state index in [0.29, 0.717) is 17.7 Å². The zero-order valence-corrected chi connectivity index (χ0v) is 15.9. The first-order chi connectivity index (χ1) is 11.9. The molecule has 0 fully saturated rings. The highest BCUT2D eigenvalue weighted by Gasteiger charge is 2.34. The summed E-state index contributed by atoms with van der Waals surface area (Å²) < 4.78 is 28.3. The lowest BCUT2D eigenvalue weighted by Gasteiger charge is -2.39. The molecule has 3 nitrogen and oxygen atoms in total. The molecule has 1 heterocycles. The molecular formula is C20H28F2N2O. The monoisotopic (exact) mass is 350 g/mol. The lowest BCUT2D eigenvalue weighted by molar-refractivity contribution is -0.117. The average molecular weight is 350 g/mol. The minimum absolute atomic E-state index is 0.179. The van der Waals surface area contributed by atoms with Gasteiger partial charge in [0.25, 0.3) is 0 Å². The summed E-state index contributed by atoms with van der Waals surface area (Å²) >= 11 is 0. The number of amides is 1. The molecule has 1 N–H and O–H groups in total. The van der Waals surface area contributed by atoms with E-state index in [9.17, 15) is 13.6 Å². The fraction of sp³-hybridized carbons (Fsp3) is 0.450. The van der Waals surface area contributed by atoms with Crippen LogP contribution in [0.5, 0.6) is 0 Å². The molecule has 1 aliphatic heterocycles. The number of anilines is 1. The maximum atomic E-state index is 14.4. The Balaban J connectivity index is 0.00000151. The highest BCUT2D eigenvalue weighted by atomic mass is 19.1. The molecule has 1 aromatic carbocycles. The molecular weight excluding hydrogens is 322 g/mol. The molecule has 1 amide bonds. The predicted octanol–water partition coefficient (Wildman–Crippen LogP) is 5.40. The van der Waals surface area contributed by atoms with Gasteiger partial charge in [0.2, 0.25) is 5.91 Å². The Hall–Kier alpha value is -2.17. The SMILES string of the molecule is C/C=C(F)\C(=C/C)NC1CC(C)N(C(C)=O)c2c(F)cccc21.CC. The molecule has 25 heavy (non-hydrogen) atoms. The van der Waals surface area contributed by atoms with E-state index >= 15 is 0 Å². The molecule has 0 bridgehead atoms. The van der Waals surface area contributed by atoms with E-state index < -0.39 is 5.82 Å². The first-order valence-electron chi connectivity index (χ1n) is 8.73. The molecule has 0 radical (unpaired) electrons. The number of nitrogens with zero attached hydrogens (tertiary/aromatic N) is 1. The molecule has 1 aliphatic rings. The number of allylic oxidation sites excluding steroid dienone is 3. The van der Waals surface area contributed by atoms with Gasteiger partial charge in [0.15, 0.2) is 0 Å². The van der Waals surface area contributed by atoms with Crippen LogP contribution in [0.25, 0.3) is 0 Å². The van der Waals surface area contributed by atoms with E-state index in [4.69, 9.17) is 0 Å². The van der Waals surface area contributed by atoms with Gasteiger partial charge in [-0.25, -0.2) is 8.78 Å². The molecule has 0 aliphatic carbocycles. The normalized spacial score (nSPS) is 20.4. The average Bonchev–Trinajstić information content (AvgIpc) is 2.60. The fourth-order valence-electron chi connectivity index (χ4n) is 3.10. The molecule has 138 valence electrons. The Morgan fingerprint density at radius 1 is 1.28 bits per heavy atom. The Kier molecular flexibility index (Phi) is 7.81. The van der Waals surface area contributed by atoms with Crippen molar-refractivity contribution in [3.8, 4) is 0 Å². The maximum Gasteiger partial charge on any atom is 0.224 e. The number of nitrogens with one attached hydrogen (secondary N) is 1. The van der Waals surface area contributed by atoms with Crippen LogP contribution < -0.4 is 10.2 Å². The Morgan fingerprint density at radius 2 is 1.92 bits per heavy atom. The van der Waals surface area contributed by atoms with Crippen LogP contribution >= 0.6 is 0 Å². The predicted molar refractivity (Wildman–Crippen MR) is 99.5 cm³/mol. The van der Waals surface area contributed by atoms with Crippen LogP contribution in [0, 0.1) is 5.82 Å². The van der Waals surface area contributed by atoms with Crippen LogP contribution in [0.2, 0.25) is 0 Å². The first kappa shape index (κ1) is 20.9. The summed E-state index contributed by atoms with van der Waals surface area (Å²) in [6.45, 7) is 10.7. The van der Waals surface area contributed by atoms with E-state index in [1.165, 1.54) is 24.0 Å². The van der Waals surface area contributed by atoms with Crippen LogP contribution in [-0.2, 0) is 4.79 Å². The standard InChI is InChI=1S/C18H22F2N2O.C2H6/c1-5-14(19)16(6-2)21-17-10-11(3)22(12(4)23)18-13(17)8-7-9-15(18)20;1-2/h5-9,11,17,21H,10H2,1-4H3;1-2H3/b14-5+,16-6+;. The number of carbonyl (C=O) groups excluding carboxylic acids is 1. The van der Waals surface area contributed by atoms with E-state index in [1.54, 1.807) is 32.1 Å². The van der Waals surface area contributed by atoms with Gasteiger partial charge in [-0.05, 0) is 39.3 Å². The van der Waals surface area contributed by atoms with Crippen LogP contribution in [-0.4, -0.2) is 11.9 Å². The number of carbonyl (C=O) groups is 1. The van der Waals surface area contributed by atoms with Crippen LogP contribution in [0.4, 0.5) is 14.5 Å². The van der Waals surface area contributed by atoms with Gasteiger partial charge in [-0.3, -0.25) is 4.79 Å². The summed E-state index contributed by atoms with van der Waals surface area (Å²) in [5.74, 6) is -0.995. The van der Waals surface area contributed by atoms with Crippen LogP contribution in [0.15, 0.2) is 41.9 Å². The molecule has 0 saturated heterocycles. The highest BCUT2D eigenvalue weighted by molar-refractivity contribution is 5.93. The number of rotatable bonds is 3. The Labute approximate surface area is 149 Å². The van der Waals surface area contributed by atoms with Gasteiger partial charge in [0, 0.05) is 18.5 Å². The molecule has 5 heteroatoms. The van der Waals surface area contributed by atoms with Crippen molar-refractivity contribution in [1.29, 1.82) is 0 Å². The smallest absolute Gasteiger partial charge is 0.224 e. The van der Waals surface area contributed by atoms with Crippen molar-refractivity contribution >= 4 is 11.6 Å². The molecule has 1 aromatic rings. The minimum atomic E-state index is -0.440. The molecule has 0 saturated carbocycles. The second-order valence-electron chi connectivity index (χ2n) is 5.69. The summed E-state index contributed by atoms with van der Waals surface area (Å²) in [6.07, 6.45) is 3.60. The summed E-state index contributed by atoms with van der Waals surface area (Å²) in [4.78, 5) is 13.4. The van der Waals surface area contributed by atoms with E-state index in [0.717, 1.165) is 0 Å². The van der Waals surface area contributed by atoms with Crippen molar-refractivity contribution in [2.24, 2.45) is 0 Å². The van der Waals surface area contributed by atoms with Crippen molar-refractivity contribution in [2.45, 2.75) is 60.0 Å². The Morgan fingerprint density at radius 3 is 2.44 bits per heavy atom.